The molecule has 1 amide bonds. The number of amides is 1. The van der Waals surface area contributed by atoms with Crippen LogP contribution in [0.25, 0.3) is 0 Å². The van der Waals surface area contributed by atoms with E-state index in [2.05, 4.69) is 6.07 Å². The zero-order valence-corrected chi connectivity index (χ0v) is 15.9. The van der Waals surface area contributed by atoms with Crippen molar-refractivity contribution in [3.05, 3.63) is 21.4 Å². The number of rotatable bonds is 5. The summed E-state index contributed by atoms with van der Waals surface area (Å²) < 4.78 is 5.82. The first kappa shape index (κ1) is 19.7. The average molecular weight is 373 g/mol. The predicted molar refractivity (Wildman–Crippen MR) is 101 cm³/mol. The lowest BCUT2D eigenvalue weighted by atomic mass is 10.1. The Balaban J connectivity index is 0.00000208. The molecule has 1 aliphatic heterocycles. The number of hydrogen-bond acceptors (Lipinski definition) is 4. The van der Waals surface area contributed by atoms with Crippen molar-refractivity contribution in [1.29, 1.82) is 0 Å². The lowest BCUT2D eigenvalue weighted by molar-refractivity contribution is 0.00857. The van der Waals surface area contributed by atoms with Crippen LogP contribution in [0.3, 0.4) is 0 Å². The molecule has 0 saturated carbocycles. The van der Waals surface area contributed by atoms with E-state index in [1.807, 2.05) is 4.90 Å². The van der Waals surface area contributed by atoms with Crippen molar-refractivity contribution in [2.75, 3.05) is 26.2 Å². The molecular weight excluding hydrogens is 344 g/mol. The molecule has 6 heteroatoms. The third-order valence-corrected chi connectivity index (χ3v) is 6.11. The topological polar surface area (TPSA) is 55.6 Å². The molecule has 0 atom stereocenters. The number of ether oxygens (including phenoxy) is 1. The minimum absolute atomic E-state index is 0. The number of nitrogens with two attached hydrogens (primary N) is 1. The number of carbonyl (C=O) groups excluding carboxylic acids is 1. The highest BCUT2D eigenvalue weighted by Gasteiger charge is 2.26. The van der Waals surface area contributed by atoms with E-state index >= 15 is 0 Å². The molecule has 1 fully saturated rings. The Morgan fingerprint density at radius 1 is 1.25 bits per heavy atom. The molecule has 0 aromatic carbocycles. The van der Waals surface area contributed by atoms with E-state index in [-0.39, 0.29) is 18.3 Å². The molecule has 24 heavy (non-hydrogen) atoms. The lowest BCUT2D eigenvalue weighted by Crippen LogP contribution is -2.40. The van der Waals surface area contributed by atoms with Gasteiger partial charge in [0.1, 0.15) is 0 Å². The fraction of sp³-hybridized carbons (Fsp3) is 0.722. The van der Waals surface area contributed by atoms with Crippen LogP contribution in [-0.2, 0) is 17.6 Å². The molecule has 1 aromatic heterocycles. The first-order valence-corrected chi connectivity index (χ1v) is 9.82. The van der Waals surface area contributed by atoms with E-state index < -0.39 is 0 Å². The van der Waals surface area contributed by atoms with Crippen molar-refractivity contribution in [3.63, 3.8) is 0 Å². The van der Waals surface area contributed by atoms with Crippen molar-refractivity contribution in [2.24, 2.45) is 5.73 Å². The second kappa shape index (κ2) is 9.76. The van der Waals surface area contributed by atoms with Crippen LogP contribution in [0.1, 0.15) is 58.6 Å². The number of aryl methyl sites for hydroxylation is 2. The number of fused-ring (bicyclic) bond motifs is 1. The number of carbonyl (C=O) groups is 1. The van der Waals surface area contributed by atoms with Crippen molar-refractivity contribution >= 4 is 29.7 Å². The Hall–Kier alpha value is -0.620. The number of piperidine rings is 1. The minimum atomic E-state index is 0. The zero-order chi connectivity index (χ0) is 16.1. The second-order valence-electron chi connectivity index (χ2n) is 6.62. The quantitative estimate of drug-likeness (QED) is 0.636. The number of thiophene rings is 1. The molecule has 3 rings (SSSR count). The molecule has 1 aromatic rings. The van der Waals surface area contributed by atoms with Crippen LogP contribution in [-0.4, -0.2) is 43.2 Å². The molecule has 1 saturated heterocycles. The van der Waals surface area contributed by atoms with Crippen LogP contribution in [0.4, 0.5) is 0 Å². The van der Waals surface area contributed by atoms with E-state index in [9.17, 15) is 4.79 Å². The Kier molecular flexibility index (Phi) is 8.01. The third-order valence-electron chi connectivity index (χ3n) is 4.89. The fourth-order valence-corrected chi connectivity index (χ4v) is 4.71. The Bertz CT molecular complexity index is 504. The summed E-state index contributed by atoms with van der Waals surface area (Å²) in [6, 6.07) is 2.16. The molecule has 0 bridgehead atoms. The maximum Gasteiger partial charge on any atom is 0.263 e. The summed E-state index contributed by atoms with van der Waals surface area (Å²) in [5, 5.41) is 0. The third kappa shape index (κ3) is 4.94. The SMILES string of the molecule is Cl.NCCCOC1CCN(C(=O)c2cc3c(s2)CCCCC3)CC1. The summed E-state index contributed by atoms with van der Waals surface area (Å²) in [5.74, 6) is 0.225. The molecule has 0 spiro atoms. The largest absolute Gasteiger partial charge is 0.378 e. The average Bonchev–Trinajstić information content (AvgIpc) is 2.86. The van der Waals surface area contributed by atoms with Gasteiger partial charge in [-0.2, -0.15) is 0 Å². The highest BCUT2D eigenvalue weighted by molar-refractivity contribution is 7.14. The maximum absolute atomic E-state index is 12.7. The normalized spacial score (nSPS) is 18.6. The number of halogens is 1. The number of hydrogen-bond donors (Lipinski definition) is 1. The molecular formula is C18H29ClN2O2S. The van der Waals surface area contributed by atoms with E-state index in [1.165, 1.54) is 29.7 Å². The number of likely N-dealkylation sites (tertiary alicyclic amines) is 1. The van der Waals surface area contributed by atoms with E-state index in [0.717, 1.165) is 56.7 Å². The molecule has 2 N–H and O–H groups in total. The van der Waals surface area contributed by atoms with Crippen LogP contribution >= 0.6 is 23.7 Å². The first-order valence-electron chi connectivity index (χ1n) is 9.00. The van der Waals surface area contributed by atoms with Gasteiger partial charge in [-0.25, -0.2) is 0 Å². The van der Waals surface area contributed by atoms with Gasteiger partial charge in [-0.1, -0.05) is 6.42 Å². The van der Waals surface area contributed by atoms with Gasteiger partial charge in [0.25, 0.3) is 5.91 Å². The van der Waals surface area contributed by atoms with Gasteiger partial charge in [0.15, 0.2) is 0 Å². The summed E-state index contributed by atoms with van der Waals surface area (Å²) in [4.78, 5) is 17.2. The van der Waals surface area contributed by atoms with E-state index in [1.54, 1.807) is 11.3 Å². The predicted octanol–water partition coefficient (Wildman–Crippen LogP) is 3.41. The monoisotopic (exact) mass is 372 g/mol. The summed E-state index contributed by atoms with van der Waals surface area (Å²) in [5.41, 5.74) is 6.92. The van der Waals surface area contributed by atoms with Gasteiger partial charge >= 0.3 is 0 Å². The van der Waals surface area contributed by atoms with Crippen LogP contribution in [0, 0.1) is 0 Å². The molecule has 0 unspecified atom stereocenters. The smallest absolute Gasteiger partial charge is 0.263 e. The molecule has 4 nitrogen and oxygen atoms in total. The summed E-state index contributed by atoms with van der Waals surface area (Å²) >= 11 is 1.73. The molecule has 136 valence electrons. The zero-order valence-electron chi connectivity index (χ0n) is 14.3. The summed E-state index contributed by atoms with van der Waals surface area (Å²) in [6.07, 6.45) is 9.27. The summed E-state index contributed by atoms with van der Waals surface area (Å²) in [7, 11) is 0. The highest BCUT2D eigenvalue weighted by atomic mass is 35.5. The fourth-order valence-electron chi connectivity index (χ4n) is 3.49. The standard InChI is InChI=1S/C18H28N2O2S.ClH/c19-9-4-12-22-15-7-10-20(11-8-15)18(21)17-13-14-5-2-1-3-6-16(14)23-17;/h13,15H,1-12,19H2;1H. The van der Waals surface area contributed by atoms with Gasteiger partial charge in [0, 0.05) is 24.6 Å². The first-order chi connectivity index (χ1) is 11.3. The van der Waals surface area contributed by atoms with Gasteiger partial charge < -0.3 is 15.4 Å². The van der Waals surface area contributed by atoms with Crippen LogP contribution in [0.15, 0.2) is 6.07 Å². The van der Waals surface area contributed by atoms with Gasteiger partial charge in [0.2, 0.25) is 0 Å². The van der Waals surface area contributed by atoms with Crippen molar-refractivity contribution in [3.8, 4) is 0 Å². The van der Waals surface area contributed by atoms with Gasteiger partial charge in [-0.05, 0) is 63.1 Å². The van der Waals surface area contributed by atoms with Crippen molar-refractivity contribution in [1.82, 2.24) is 4.90 Å². The van der Waals surface area contributed by atoms with Gasteiger partial charge in [-0.15, -0.1) is 23.7 Å². The molecule has 0 radical (unpaired) electrons. The molecule has 2 heterocycles. The number of nitrogens with zero attached hydrogens (tertiary/aromatic N) is 1. The highest BCUT2D eigenvalue weighted by Crippen LogP contribution is 2.30. The lowest BCUT2D eigenvalue weighted by Gasteiger charge is -2.31. The van der Waals surface area contributed by atoms with Gasteiger partial charge in [-0.3, -0.25) is 4.79 Å². The second-order valence-corrected chi connectivity index (χ2v) is 7.76. The van der Waals surface area contributed by atoms with Crippen LogP contribution in [0.2, 0.25) is 0 Å². The summed E-state index contributed by atoms with van der Waals surface area (Å²) in [6.45, 7) is 3.05. The molecule has 1 aliphatic carbocycles. The minimum Gasteiger partial charge on any atom is -0.378 e. The van der Waals surface area contributed by atoms with E-state index in [0.29, 0.717) is 12.6 Å². The Labute approximate surface area is 155 Å². The van der Waals surface area contributed by atoms with Crippen molar-refractivity contribution < 1.29 is 9.53 Å². The van der Waals surface area contributed by atoms with Crippen LogP contribution < -0.4 is 5.73 Å². The van der Waals surface area contributed by atoms with E-state index in [4.69, 9.17) is 10.5 Å². The van der Waals surface area contributed by atoms with Crippen LogP contribution in [0.5, 0.6) is 0 Å². The maximum atomic E-state index is 12.7. The molecule has 2 aliphatic rings. The Morgan fingerprint density at radius 2 is 2.00 bits per heavy atom. The van der Waals surface area contributed by atoms with Gasteiger partial charge in [0.05, 0.1) is 11.0 Å². The van der Waals surface area contributed by atoms with Crippen molar-refractivity contribution in [2.45, 2.75) is 57.5 Å². The Morgan fingerprint density at radius 3 is 2.75 bits per heavy atom.